The van der Waals surface area contributed by atoms with E-state index in [0.29, 0.717) is 11.3 Å². The number of carbonyl (C=O) groups excluding carboxylic acids is 1. The smallest absolute Gasteiger partial charge is 0.255 e. The second-order valence-corrected chi connectivity index (χ2v) is 5.85. The Bertz CT molecular complexity index is 958. The summed E-state index contributed by atoms with van der Waals surface area (Å²) in [7, 11) is 0. The van der Waals surface area contributed by atoms with Crippen molar-refractivity contribution in [2.75, 3.05) is 5.32 Å². The molecule has 1 aliphatic rings. The minimum atomic E-state index is -0.159. The third-order valence-corrected chi connectivity index (χ3v) is 4.38. The Morgan fingerprint density at radius 1 is 1.00 bits per heavy atom. The number of hydrogen-bond acceptors (Lipinski definition) is 2. The quantitative estimate of drug-likeness (QED) is 0.763. The highest BCUT2D eigenvalue weighted by molar-refractivity contribution is 6.05. The zero-order valence-electron chi connectivity index (χ0n) is 12.6. The number of hydrogen-bond donors (Lipinski definition) is 2. The first-order chi connectivity index (χ1) is 11.2. The summed E-state index contributed by atoms with van der Waals surface area (Å²) in [5.41, 5.74) is 4.14. The molecule has 0 spiro atoms. The van der Waals surface area contributed by atoms with Gasteiger partial charge in [-0.15, -0.1) is 0 Å². The Hall–Kier alpha value is -2.88. The lowest BCUT2D eigenvalue weighted by molar-refractivity contribution is 0.102. The van der Waals surface area contributed by atoms with Gasteiger partial charge in [-0.25, -0.2) is 0 Å². The molecule has 0 unspecified atom stereocenters. The first-order valence-corrected chi connectivity index (χ1v) is 7.76. The van der Waals surface area contributed by atoms with Crippen molar-refractivity contribution in [3.05, 3.63) is 75.6 Å². The van der Waals surface area contributed by atoms with Gasteiger partial charge in [0.2, 0.25) is 0 Å². The number of anilines is 1. The number of amides is 1. The molecule has 4 rings (SSSR count). The van der Waals surface area contributed by atoms with E-state index in [0.717, 1.165) is 41.3 Å². The van der Waals surface area contributed by atoms with E-state index in [2.05, 4.69) is 10.3 Å². The van der Waals surface area contributed by atoms with Crippen LogP contribution < -0.4 is 10.9 Å². The van der Waals surface area contributed by atoms with E-state index in [1.165, 1.54) is 0 Å². The number of rotatable bonds is 2. The second-order valence-electron chi connectivity index (χ2n) is 5.85. The van der Waals surface area contributed by atoms with Gasteiger partial charge >= 0.3 is 0 Å². The average molecular weight is 304 g/mol. The summed E-state index contributed by atoms with van der Waals surface area (Å²) in [5.74, 6) is -0.159. The topological polar surface area (TPSA) is 62.0 Å². The molecule has 0 saturated heterocycles. The van der Waals surface area contributed by atoms with Gasteiger partial charge < -0.3 is 10.3 Å². The van der Waals surface area contributed by atoms with Crippen molar-refractivity contribution in [3.63, 3.8) is 0 Å². The Kier molecular flexibility index (Phi) is 3.23. The Balaban J connectivity index is 1.71. The van der Waals surface area contributed by atoms with Gasteiger partial charge in [0.05, 0.1) is 5.52 Å². The molecule has 2 aromatic carbocycles. The maximum Gasteiger partial charge on any atom is 0.255 e. The molecule has 0 saturated carbocycles. The number of aromatic nitrogens is 1. The van der Waals surface area contributed by atoms with E-state index >= 15 is 0 Å². The zero-order valence-corrected chi connectivity index (χ0v) is 12.6. The Labute approximate surface area is 133 Å². The summed E-state index contributed by atoms with van der Waals surface area (Å²) < 4.78 is 0. The summed E-state index contributed by atoms with van der Waals surface area (Å²) in [5, 5.41) is 3.96. The molecule has 0 fully saturated rings. The van der Waals surface area contributed by atoms with Gasteiger partial charge in [-0.3, -0.25) is 9.59 Å². The third-order valence-electron chi connectivity index (χ3n) is 4.38. The van der Waals surface area contributed by atoms with Crippen molar-refractivity contribution >= 4 is 22.5 Å². The monoisotopic (exact) mass is 304 g/mol. The van der Waals surface area contributed by atoms with Crippen molar-refractivity contribution in [1.82, 2.24) is 4.98 Å². The lowest BCUT2D eigenvalue weighted by Crippen LogP contribution is -2.14. The van der Waals surface area contributed by atoms with Gasteiger partial charge in [0, 0.05) is 22.2 Å². The highest BCUT2D eigenvalue weighted by atomic mass is 16.1. The summed E-state index contributed by atoms with van der Waals surface area (Å²) in [4.78, 5) is 27.3. The van der Waals surface area contributed by atoms with Crippen LogP contribution >= 0.6 is 0 Å². The fourth-order valence-corrected chi connectivity index (χ4v) is 3.27. The van der Waals surface area contributed by atoms with Gasteiger partial charge in [-0.1, -0.05) is 24.3 Å². The molecule has 2 N–H and O–H groups in total. The van der Waals surface area contributed by atoms with E-state index in [1.807, 2.05) is 36.4 Å². The van der Waals surface area contributed by atoms with E-state index in [4.69, 9.17) is 0 Å². The van der Waals surface area contributed by atoms with Crippen LogP contribution in [0.25, 0.3) is 10.9 Å². The number of carbonyl (C=O) groups is 1. The van der Waals surface area contributed by atoms with Crippen LogP contribution in [-0.2, 0) is 12.8 Å². The van der Waals surface area contributed by atoms with Crippen molar-refractivity contribution in [1.29, 1.82) is 0 Å². The number of fused-ring (bicyclic) bond motifs is 3. The van der Waals surface area contributed by atoms with Crippen LogP contribution in [0.15, 0.2) is 53.3 Å². The molecule has 1 aromatic heterocycles. The summed E-state index contributed by atoms with van der Waals surface area (Å²) in [6.45, 7) is 0. The van der Waals surface area contributed by atoms with Crippen LogP contribution in [0.3, 0.4) is 0 Å². The Morgan fingerprint density at radius 2 is 1.78 bits per heavy atom. The molecule has 1 aliphatic carbocycles. The van der Waals surface area contributed by atoms with Gasteiger partial charge in [0.1, 0.15) is 0 Å². The molecule has 0 bridgehead atoms. The molecular weight excluding hydrogens is 288 g/mol. The number of H-pyrrole nitrogens is 1. The van der Waals surface area contributed by atoms with E-state index < -0.39 is 0 Å². The maximum absolute atomic E-state index is 12.2. The van der Waals surface area contributed by atoms with Crippen LogP contribution in [0.5, 0.6) is 0 Å². The van der Waals surface area contributed by atoms with Crippen LogP contribution in [0.4, 0.5) is 5.69 Å². The van der Waals surface area contributed by atoms with Crippen LogP contribution in [-0.4, -0.2) is 10.9 Å². The third kappa shape index (κ3) is 2.42. The molecule has 1 amide bonds. The number of pyridine rings is 1. The van der Waals surface area contributed by atoms with Crippen LogP contribution in [0, 0.1) is 0 Å². The van der Waals surface area contributed by atoms with Crippen molar-refractivity contribution < 1.29 is 4.79 Å². The highest BCUT2D eigenvalue weighted by Gasteiger charge is 2.18. The fraction of sp³-hybridized carbons (Fsp3) is 0.158. The molecule has 1 heterocycles. The van der Waals surface area contributed by atoms with Crippen molar-refractivity contribution in [2.45, 2.75) is 19.3 Å². The lowest BCUT2D eigenvalue weighted by Gasteiger charge is -2.09. The minimum absolute atomic E-state index is 0.00321. The van der Waals surface area contributed by atoms with Crippen LogP contribution in [0.1, 0.15) is 27.9 Å². The Morgan fingerprint density at radius 3 is 2.61 bits per heavy atom. The normalized spacial score (nSPS) is 13.0. The molecule has 4 nitrogen and oxygen atoms in total. The summed E-state index contributed by atoms with van der Waals surface area (Å²) in [6.07, 6.45) is 2.84. The summed E-state index contributed by atoms with van der Waals surface area (Å²) >= 11 is 0. The molecular formula is C19H16N2O2. The number of aromatic amines is 1. The SMILES string of the molecule is O=C(Nc1ccc2c3c(c(=O)[nH]c2c1)CCC3)c1ccccc1. The van der Waals surface area contributed by atoms with Gasteiger partial charge in [0.15, 0.2) is 0 Å². The van der Waals surface area contributed by atoms with E-state index in [9.17, 15) is 9.59 Å². The molecule has 3 aromatic rings. The van der Waals surface area contributed by atoms with Gasteiger partial charge in [0.25, 0.3) is 11.5 Å². The molecule has 114 valence electrons. The standard InChI is InChI=1S/C19H16N2O2/c22-18(12-5-2-1-3-6-12)20-13-9-10-15-14-7-4-8-16(14)19(23)21-17(15)11-13/h1-3,5-6,9-11H,4,7-8H2,(H,20,22)(H,21,23). The van der Waals surface area contributed by atoms with E-state index in [-0.39, 0.29) is 11.5 Å². The minimum Gasteiger partial charge on any atom is -0.322 e. The lowest BCUT2D eigenvalue weighted by atomic mass is 10.1. The van der Waals surface area contributed by atoms with Gasteiger partial charge in [-0.2, -0.15) is 0 Å². The van der Waals surface area contributed by atoms with E-state index in [1.54, 1.807) is 12.1 Å². The number of nitrogens with one attached hydrogen (secondary N) is 2. The molecule has 4 heteroatoms. The largest absolute Gasteiger partial charge is 0.322 e. The van der Waals surface area contributed by atoms with Crippen LogP contribution in [0.2, 0.25) is 0 Å². The number of aryl methyl sites for hydroxylation is 1. The highest BCUT2D eigenvalue weighted by Crippen LogP contribution is 2.27. The molecule has 23 heavy (non-hydrogen) atoms. The zero-order chi connectivity index (χ0) is 15.8. The second kappa shape index (κ2) is 5.39. The molecule has 0 radical (unpaired) electrons. The molecule has 0 atom stereocenters. The predicted molar refractivity (Wildman–Crippen MR) is 91.0 cm³/mol. The number of benzene rings is 2. The average Bonchev–Trinajstić information content (AvgIpc) is 3.06. The predicted octanol–water partition coefficient (Wildman–Crippen LogP) is 3.27. The van der Waals surface area contributed by atoms with Gasteiger partial charge in [-0.05, 0) is 49.1 Å². The fourth-order valence-electron chi connectivity index (χ4n) is 3.27. The first kappa shape index (κ1) is 13.8. The first-order valence-electron chi connectivity index (χ1n) is 7.76. The summed E-state index contributed by atoms with van der Waals surface area (Å²) in [6, 6.07) is 14.8. The van der Waals surface area contributed by atoms with Crippen molar-refractivity contribution in [2.24, 2.45) is 0 Å². The van der Waals surface area contributed by atoms with Crippen molar-refractivity contribution in [3.8, 4) is 0 Å². The molecule has 0 aliphatic heterocycles. The maximum atomic E-state index is 12.2.